The first-order chi connectivity index (χ1) is 11.2. The molecular weight excluding hydrogens is 290 g/mol. The minimum Gasteiger partial charge on any atom is -0.361 e. The maximum Gasteiger partial charge on any atom is 0.329 e. The lowest BCUT2D eigenvalue weighted by Gasteiger charge is -2.37. The van der Waals surface area contributed by atoms with E-state index in [1.807, 2.05) is 11.9 Å². The molecule has 6 heteroatoms. The molecule has 2 aromatic rings. The van der Waals surface area contributed by atoms with Crippen LogP contribution in [0.2, 0.25) is 0 Å². The summed E-state index contributed by atoms with van der Waals surface area (Å²) >= 11 is 0. The van der Waals surface area contributed by atoms with Gasteiger partial charge >= 0.3 is 6.03 Å². The van der Waals surface area contributed by atoms with E-state index in [0.717, 1.165) is 26.2 Å². The lowest BCUT2D eigenvalue weighted by molar-refractivity contribution is 0.0764. The average molecular weight is 315 g/mol. The second-order valence-corrected chi connectivity index (χ2v) is 5.96. The molecule has 124 valence electrons. The van der Waals surface area contributed by atoms with Gasteiger partial charge in [0.15, 0.2) is 0 Å². The summed E-state index contributed by atoms with van der Waals surface area (Å²) in [6, 6.07) is 8.66. The Morgan fingerprint density at radius 3 is 2.74 bits per heavy atom. The maximum atomic E-state index is 11.6. The van der Waals surface area contributed by atoms with E-state index in [1.54, 1.807) is 0 Å². The van der Waals surface area contributed by atoms with Crippen LogP contribution in [0.1, 0.15) is 25.5 Å². The zero-order chi connectivity index (χ0) is 16.2. The number of nitrogens with one attached hydrogen (secondary N) is 3. The summed E-state index contributed by atoms with van der Waals surface area (Å²) in [4.78, 5) is 17.4. The lowest BCUT2D eigenvalue weighted by atomic mass is 10.1. The number of amides is 2. The van der Waals surface area contributed by atoms with E-state index in [1.165, 1.54) is 16.5 Å². The second-order valence-electron chi connectivity index (χ2n) is 5.96. The van der Waals surface area contributed by atoms with Gasteiger partial charge in [-0.25, -0.2) is 9.80 Å². The first-order valence-electron chi connectivity index (χ1n) is 8.28. The number of benzene rings is 1. The van der Waals surface area contributed by atoms with Crippen LogP contribution in [0.5, 0.6) is 0 Å². The van der Waals surface area contributed by atoms with Gasteiger partial charge < -0.3 is 10.3 Å². The summed E-state index contributed by atoms with van der Waals surface area (Å²) in [5.74, 6) is 0. The molecule has 1 aliphatic heterocycles. The van der Waals surface area contributed by atoms with Crippen molar-refractivity contribution in [3.63, 3.8) is 0 Å². The van der Waals surface area contributed by atoms with Gasteiger partial charge in [0.1, 0.15) is 0 Å². The number of carbonyl (C=O) groups excluding carboxylic acids is 1. The number of hydrogen-bond donors (Lipinski definition) is 3. The number of aromatic amines is 1. The van der Waals surface area contributed by atoms with Crippen LogP contribution in [0.15, 0.2) is 30.5 Å². The minimum atomic E-state index is -0.120. The fourth-order valence-electron chi connectivity index (χ4n) is 3.20. The number of rotatable bonds is 4. The topological polar surface area (TPSA) is 63.4 Å². The van der Waals surface area contributed by atoms with Crippen LogP contribution < -0.4 is 10.7 Å². The van der Waals surface area contributed by atoms with Crippen molar-refractivity contribution >= 4 is 16.9 Å². The average Bonchev–Trinajstić information content (AvgIpc) is 2.99. The summed E-state index contributed by atoms with van der Waals surface area (Å²) in [5, 5.41) is 6.04. The third-order valence-electron chi connectivity index (χ3n) is 4.53. The number of aromatic nitrogens is 1. The number of nitrogens with zero attached hydrogens (tertiary/aromatic N) is 2. The van der Waals surface area contributed by atoms with E-state index in [-0.39, 0.29) is 6.03 Å². The van der Waals surface area contributed by atoms with Gasteiger partial charge in [-0.15, -0.1) is 0 Å². The molecule has 2 amide bonds. The Hall–Kier alpha value is -2.05. The summed E-state index contributed by atoms with van der Waals surface area (Å²) in [6.45, 7) is 8.36. The van der Waals surface area contributed by atoms with Crippen LogP contribution in [0.3, 0.4) is 0 Å². The molecule has 1 aliphatic rings. The first kappa shape index (κ1) is 15.8. The Morgan fingerprint density at radius 2 is 2.00 bits per heavy atom. The predicted molar refractivity (Wildman–Crippen MR) is 92.1 cm³/mol. The highest BCUT2D eigenvalue weighted by Crippen LogP contribution is 2.28. The van der Waals surface area contributed by atoms with Crippen LogP contribution >= 0.6 is 0 Å². The van der Waals surface area contributed by atoms with Crippen molar-refractivity contribution in [2.75, 3.05) is 32.7 Å². The normalized spacial score (nSPS) is 18.0. The number of carbonyl (C=O) groups is 1. The van der Waals surface area contributed by atoms with Crippen molar-refractivity contribution in [2.45, 2.75) is 19.9 Å². The molecule has 1 fully saturated rings. The molecule has 3 N–H and O–H groups in total. The van der Waals surface area contributed by atoms with Crippen molar-refractivity contribution in [2.24, 2.45) is 0 Å². The smallest absolute Gasteiger partial charge is 0.329 e. The highest BCUT2D eigenvalue weighted by molar-refractivity contribution is 5.83. The van der Waals surface area contributed by atoms with Crippen molar-refractivity contribution in [1.82, 2.24) is 25.6 Å². The van der Waals surface area contributed by atoms with E-state index < -0.39 is 0 Å². The van der Waals surface area contributed by atoms with Crippen molar-refractivity contribution in [1.29, 1.82) is 0 Å². The summed E-state index contributed by atoms with van der Waals surface area (Å²) in [5.41, 5.74) is 5.42. The Bertz CT molecular complexity index is 660. The van der Waals surface area contributed by atoms with Crippen LogP contribution in [-0.2, 0) is 0 Å². The molecule has 1 aromatic heterocycles. The SMILES string of the molecule is CCNC(=O)NN1CCN(C(C)c2c[nH]c3ccccc23)CC1. The molecule has 0 saturated carbocycles. The standard InChI is InChI=1S/C17H25N5O/c1-3-18-17(23)20-22-10-8-21(9-11-22)13(2)15-12-19-16-7-5-4-6-14(15)16/h4-7,12-13,19H,3,8-11H2,1-2H3,(H2,18,20,23). The van der Waals surface area contributed by atoms with Crippen LogP contribution in [-0.4, -0.2) is 53.6 Å². The molecule has 0 radical (unpaired) electrons. The zero-order valence-electron chi connectivity index (χ0n) is 13.8. The van der Waals surface area contributed by atoms with Gasteiger partial charge in [0.25, 0.3) is 0 Å². The second kappa shape index (κ2) is 7.02. The van der Waals surface area contributed by atoms with E-state index >= 15 is 0 Å². The number of piperazine rings is 1. The Morgan fingerprint density at radius 1 is 1.26 bits per heavy atom. The van der Waals surface area contributed by atoms with Gasteiger partial charge in [-0.1, -0.05) is 18.2 Å². The van der Waals surface area contributed by atoms with Gasteiger partial charge in [-0.3, -0.25) is 10.3 Å². The summed E-state index contributed by atoms with van der Waals surface area (Å²) in [7, 11) is 0. The van der Waals surface area contributed by atoms with Gasteiger partial charge in [0.05, 0.1) is 0 Å². The molecular formula is C17H25N5O. The van der Waals surface area contributed by atoms with Crippen LogP contribution in [0.4, 0.5) is 4.79 Å². The highest BCUT2D eigenvalue weighted by Gasteiger charge is 2.24. The maximum absolute atomic E-state index is 11.6. The molecule has 3 rings (SSSR count). The highest BCUT2D eigenvalue weighted by atomic mass is 16.2. The third kappa shape index (κ3) is 3.48. The van der Waals surface area contributed by atoms with Gasteiger partial charge in [0, 0.05) is 55.9 Å². The summed E-state index contributed by atoms with van der Waals surface area (Å²) in [6.07, 6.45) is 2.12. The number of urea groups is 1. The predicted octanol–water partition coefficient (Wildman–Crippen LogP) is 2.08. The van der Waals surface area contributed by atoms with E-state index in [2.05, 4.69) is 58.0 Å². The molecule has 23 heavy (non-hydrogen) atoms. The molecule has 1 aromatic carbocycles. The molecule has 2 heterocycles. The van der Waals surface area contributed by atoms with Gasteiger partial charge in [0.2, 0.25) is 0 Å². The fraction of sp³-hybridized carbons (Fsp3) is 0.471. The first-order valence-corrected chi connectivity index (χ1v) is 8.28. The lowest BCUT2D eigenvalue weighted by Crippen LogP contribution is -2.55. The van der Waals surface area contributed by atoms with Gasteiger partial charge in [-0.05, 0) is 25.5 Å². The molecule has 1 atom stereocenters. The molecule has 1 unspecified atom stereocenters. The molecule has 1 saturated heterocycles. The zero-order valence-corrected chi connectivity index (χ0v) is 13.8. The Kier molecular flexibility index (Phi) is 4.83. The molecule has 0 spiro atoms. The molecule has 0 aliphatic carbocycles. The number of fused-ring (bicyclic) bond motifs is 1. The number of hydrogen-bond acceptors (Lipinski definition) is 3. The van der Waals surface area contributed by atoms with E-state index in [4.69, 9.17) is 0 Å². The van der Waals surface area contributed by atoms with Crippen molar-refractivity contribution in [3.05, 3.63) is 36.0 Å². The van der Waals surface area contributed by atoms with E-state index in [0.29, 0.717) is 12.6 Å². The largest absolute Gasteiger partial charge is 0.361 e. The number of hydrazine groups is 1. The third-order valence-corrected chi connectivity index (χ3v) is 4.53. The van der Waals surface area contributed by atoms with E-state index in [9.17, 15) is 4.79 Å². The van der Waals surface area contributed by atoms with Crippen molar-refractivity contribution in [3.8, 4) is 0 Å². The summed E-state index contributed by atoms with van der Waals surface area (Å²) < 4.78 is 0. The number of H-pyrrole nitrogens is 1. The molecule has 6 nitrogen and oxygen atoms in total. The van der Waals surface area contributed by atoms with Crippen molar-refractivity contribution < 1.29 is 4.79 Å². The number of para-hydroxylation sites is 1. The minimum absolute atomic E-state index is 0.120. The Balaban J connectivity index is 1.60. The quantitative estimate of drug-likeness (QED) is 0.809. The van der Waals surface area contributed by atoms with Crippen LogP contribution in [0.25, 0.3) is 10.9 Å². The van der Waals surface area contributed by atoms with Gasteiger partial charge in [-0.2, -0.15) is 0 Å². The monoisotopic (exact) mass is 315 g/mol. The van der Waals surface area contributed by atoms with Crippen LogP contribution in [0, 0.1) is 0 Å². The Labute approximate surface area is 136 Å². The fourth-order valence-corrected chi connectivity index (χ4v) is 3.20. The molecule has 0 bridgehead atoms.